The third kappa shape index (κ3) is 6.08. The molecule has 0 spiro atoms. The van der Waals surface area contributed by atoms with E-state index in [1.807, 2.05) is 0 Å². The van der Waals surface area contributed by atoms with Crippen LogP contribution in [-0.2, 0) is 19.6 Å². The van der Waals surface area contributed by atoms with Crippen molar-refractivity contribution in [2.75, 3.05) is 19.6 Å². The summed E-state index contributed by atoms with van der Waals surface area (Å²) < 4.78 is 67.5. The molecular formula is C18H22F3N3O5S. The number of benzene rings is 1. The number of nitrogens with zero attached hydrogens (tertiary/aromatic N) is 1. The van der Waals surface area contributed by atoms with Crippen molar-refractivity contribution < 1.29 is 35.9 Å². The van der Waals surface area contributed by atoms with E-state index in [2.05, 4.69) is 15.4 Å². The molecule has 8 nitrogen and oxygen atoms in total. The number of hydrogen-bond acceptors (Lipinski definition) is 5. The molecule has 2 fully saturated rings. The lowest BCUT2D eigenvalue weighted by Crippen LogP contribution is -2.45. The predicted molar refractivity (Wildman–Crippen MR) is 98.8 cm³/mol. The number of halogens is 3. The predicted octanol–water partition coefficient (Wildman–Crippen LogP) is 1.38. The zero-order valence-corrected chi connectivity index (χ0v) is 16.8. The van der Waals surface area contributed by atoms with Crippen LogP contribution in [0.25, 0.3) is 0 Å². The maximum atomic E-state index is 12.7. The molecule has 1 aliphatic heterocycles. The Bertz CT molecular complexity index is 895. The van der Waals surface area contributed by atoms with Crippen LogP contribution in [0.4, 0.5) is 13.2 Å². The summed E-state index contributed by atoms with van der Waals surface area (Å²) in [6, 6.07) is 4.39. The first-order valence-electron chi connectivity index (χ1n) is 9.47. The van der Waals surface area contributed by atoms with Gasteiger partial charge in [-0.1, -0.05) is 6.07 Å². The lowest BCUT2D eigenvalue weighted by Gasteiger charge is -2.30. The normalized spacial score (nSPS) is 18.6. The molecule has 0 atom stereocenters. The fraction of sp³-hybridized carbons (Fsp3) is 0.556. The molecule has 1 saturated heterocycles. The van der Waals surface area contributed by atoms with Crippen molar-refractivity contribution in [2.24, 2.45) is 5.92 Å². The minimum atomic E-state index is -4.93. The molecule has 2 N–H and O–H groups in total. The van der Waals surface area contributed by atoms with Crippen LogP contribution in [0.2, 0.25) is 0 Å². The van der Waals surface area contributed by atoms with Crippen molar-refractivity contribution in [2.45, 2.75) is 43.0 Å². The second kappa shape index (κ2) is 8.80. The summed E-state index contributed by atoms with van der Waals surface area (Å²) in [4.78, 5) is 23.6. The van der Waals surface area contributed by atoms with E-state index < -0.39 is 28.1 Å². The van der Waals surface area contributed by atoms with E-state index in [0.717, 1.165) is 29.3 Å². The molecule has 0 aromatic heterocycles. The average Bonchev–Trinajstić information content (AvgIpc) is 3.49. The van der Waals surface area contributed by atoms with Crippen LogP contribution in [0.1, 0.15) is 25.7 Å². The third-order valence-corrected chi connectivity index (χ3v) is 6.76. The number of amides is 2. The van der Waals surface area contributed by atoms with Gasteiger partial charge in [0.15, 0.2) is 0 Å². The van der Waals surface area contributed by atoms with Crippen LogP contribution < -0.4 is 15.4 Å². The van der Waals surface area contributed by atoms with Gasteiger partial charge in [0.25, 0.3) is 0 Å². The van der Waals surface area contributed by atoms with Crippen LogP contribution in [-0.4, -0.2) is 56.6 Å². The van der Waals surface area contributed by atoms with Gasteiger partial charge in [0.1, 0.15) is 5.75 Å². The van der Waals surface area contributed by atoms with Crippen molar-refractivity contribution >= 4 is 21.8 Å². The number of carbonyl (C=O) groups is 2. The van der Waals surface area contributed by atoms with Gasteiger partial charge in [-0.05, 0) is 37.8 Å². The SMILES string of the molecule is O=C(CNC(=O)C1CCN(S(=O)(=O)c2cccc(OC(F)(F)F)c2)CC1)NC1CC1. The largest absolute Gasteiger partial charge is 0.573 e. The Labute approximate surface area is 171 Å². The molecule has 1 saturated carbocycles. The van der Waals surface area contributed by atoms with Gasteiger partial charge in [0, 0.05) is 31.1 Å². The molecule has 2 amide bonds. The highest BCUT2D eigenvalue weighted by Gasteiger charge is 2.34. The topological polar surface area (TPSA) is 105 Å². The van der Waals surface area contributed by atoms with Crippen molar-refractivity contribution in [3.63, 3.8) is 0 Å². The molecule has 1 aromatic rings. The summed E-state index contributed by atoms with van der Waals surface area (Å²) in [5.41, 5.74) is 0. The van der Waals surface area contributed by atoms with Crippen LogP contribution in [0.15, 0.2) is 29.2 Å². The maximum absolute atomic E-state index is 12.7. The molecule has 0 bridgehead atoms. The van der Waals surface area contributed by atoms with Crippen LogP contribution in [0, 0.1) is 5.92 Å². The van der Waals surface area contributed by atoms with Crippen molar-refractivity contribution in [3.8, 4) is 5.75 Å². The van der Waals surface area contributed by atoms with Crippen LogP contribution in [0.3, 0.4) is 0 Å². The molecule has 2 aliphatic rings. The van der Waals surface area contributed by atoms with E-state index in [1.165, 1.54) is 12.1 Å². The first kappa shape index (κ1) is 22.3. The molecule has 12 heteroatoms. The Morgan fingerprint density at radius 1 is 1.13 bits per heavy atom. The highest BCUT2D eigenvalue weighted by Crippen LogP contribution is 2.28. The van der Waals surface area contributed by atoms with E-state index in [4.69, 9.17) is 0 Å². The van der Waals surface area contributed by atoms with Crippen molar-refractivity contribution in [3.05, 3.63) is 24.3 Å². The standard InChI is InChI=1S/C18H22F3N3O5S/c19-18(20,21)29-14-2-1-3-15(10-14)30(27,28)24-8-6-12(7-9-24)17(26)22-11-16(25)23-13-4-5-13/h1-3,10,12-13H,4-9,11H2,(H,22,26)(H,23,25). The highest BCUT2D eigenvalue weighted by atomic mass is 32.2. The lowest BCUT2D eigenvalue weighted by atomic mass is 9.97. The molecule has 166 valence electrons. The van der Waals surface area contributed by atoms with E-state index in [-0.39, 0.29) is 55.2 Å². The summed E-state index contributed by atoms with van der Waals surface area (Å²) in [7, 11) is -4.03. The molecule has 3 rings (SSSR count). The molecule has 30 heavy (non-hydrogen) atoms. The molecular weight excluding hydrogens is 427 g/mol. The first-order chi connectivity index (χ1) is 14.0. The van der Waals surface area contributed by atoms with Crippen molar-refractivity contribution in [1.82, 2.24) is 14.9 Å². The van der Waals surface area contributed by atoms with Gasteiger partial charge < -0.3 is 15.4 Å². The zero-order valence-electron chi connectivity index (χ0n) is 15.9. The smallest absolute Gasteiger partial charge is 0.406 e. The van der Waals surface area contributed by atoms with Crippen LogP contribution >= 0.6 is 0 Å². The van der Waals surface area contributed by atoms with E-state index in [1.54, 1.807) is 0 Å². The fourth-order valence-electron chi connectivity index (χ4n) is 3.16. The summed E-state index contributed by atoms with van der Waals surface area (Å²) in [6.07, 6.45) is -2.55. The fourth-order valence-corrected chi connectivity index (χ4v) is 4.66. The van der Waals surface area contributed by atoms with Crippen LogP contribution in [0.5, 0.6) is 5.75 Å². The lowest BCUT2D eigenvalue weighted by molar-refractivity contribution is -0.274. The number of alkyl halides is 3. The number of ether oxygens (including phenoxy) is 1. The Hall–Kier alpha value is -2.34. The number of carbonyl (C=O) groups excluding carboxylic acids is 2. The van der Waals surface area contributed by atoms with Crippen molar-refractivity contribution in [1.29, 1.82) is 0 Å². The minimum absolute atomic E-state index is 0.0407. The summed E-state index contributed by atoms with van der Waals surface area (Å²) in [5.74, 6) is -1.64. The molecule has 1 aliphatic carbocycles. The Kier molecular flexibility index (Phi) is 6.56. The van der Waals surface area contributed by atoms with E-state index >= 15 is 0 Å². The van der Waals surface area contributed by atoms with Gasteiger partial charge in [-0.15, -0.1) is 13.2 Å². The Balaban J connectivity index is 1.54. The second-order valence-corrected chi connectivity index (χ2v) is 9.20. The molecule has 0 radical (unpaired) electrons. The second-order valence-electron chi connectivity index (χ2n) is 7.26. The summed E-state index contributed by atoms with van der Waals surface area (Å²) in [6.45, 7) is -0.0437. The van der Waals surface area contributed by atoms with Gasteiger partial charge in [0.05, 0.1) is 11.4 Å². The number of piperidine rings is 1. The van der Waals surface area contributed by atoms with E-state index in [0.29, 0.717) is 0 Å². The van der Waals surface area contributed by atoms with E-state index in [9.17, 15) is 31.2 Å². The number of sulfonamides is 1. The minimum Gasteiger partial charge on any atom is -0.406 e. The van der Waals surface area contributed by atoms with Gasteiger partial charge in [-0.2, -0.15) is 4.31 Å². The maximum Gasteiger partial charge on any atom is 0.573 e. The third-order valence-electron chi connectivity index (χ3n) is 4.87. The van der Waals surface area contributed by atoms with Gasteiger partial charge in [0.2, 0.25) is 21.8 Å². The molecule has 1 heterocycles. The average molecular weight is 449 g/mol. The molecule has 0 unspecified atom stereocenters. The van der Waals surface area contributed by atoms with Gasteiger partial charge in [-0.3, -0.25) is 9.59 Å². The number of rotatable bonds is 7. The number of nitrogens with one attached hydrogen (secondary N) is 2. The van der Waals surface area contributed by atoms with Gasteiger partial charge in [-0.25, -0.2) is 8.42 Å². The summed E-state index contributed by atoms with van der Waals surface area (Å²) >= 11 is 0. The summed E-state index contributed by atoms with van der Waals surface area (Å²) in [5, 5.41) is 5.31. The molecule has 1 aromatic carbocycles. The number of hydrogen-bond donors (Lipinski definition) is 2. The highest BCUT2D eigenvalue weighted by molar-refractivity contribution is 7.89. The quantitative estimate of drug-likeness (QED) is 0.655. The Morgan fingerprint density at radius 3 is 2.40 bits per heavy atom. The monoisotopic (exact) mass is 449 g/mol. The Morgan fingerprint density at radius 2 is 1.80 bits per heavy atom. The first-order valence-corrected chi connectivity index (χ1v) is 10.9. The van der Waals surface area contributed by atoms with Gasteiger partial charge >= 0.3 is 6.36 Å². The zero-order chi connectivity index (χ0) is 21.9.